The van der Waals surface area contributed by atoms with Gasteiger partial charge in [-0.05, 0) is 49.2 Å². The van der Waals surface area contributed by atoms with Gasteiger partial charge in [-0.2, -0.15) is 0 Å². The number of aryl methyl sites for hydroxylation is 1. The molecule has 0 unspecified atom stereocenters. The zero-order valence-electron chi connectivity index (χ0n) is 15.6. The maximum atomic E-state index is 14.9. The Labute approximate surface area is 170 Å². The third-order valence-electron chi connectivity index (χ3n) is 4.44. The molecule has 29 heavy (non-hydrogen) atoms. The lowest BCUT2D eigenvalue weighted by atomic mass is 10.0. The zero-order chi connectivity index (χ0) is 21.3. The van der Waals surface area contributed by atoms with Crippen LogP contribution in [0.15, 0.2) is 52.3 Å². The number of pyridine rings is 1. The molecule has 0 bridgehead atoms. The molecule has 0 N–H and O–H groups in total. The summed E-state index contributed by atoms with van der Waals surface area (Å²) in [4.78, 5) is 24.7. The molecule has 9 heteroatoms. The van der Waals surface area contributed by atoms with Gasteiger partial charge in [-0.25, -0.2) is 17.6 Å². The van der Waals surface area contributed by atoms with Crippen molar-refractivity contribution in [3.8, 4) is 11.1 Å². The van der Waals surface area contributed by atoms with Crippen molar-refractivity contribution in [2.45, 2.75) is 25.3 Å². The second-order valence-corrected chi connectivity index (χ2v) is 8.76. The highest BCUT2D eigenvalue weighted by molar-refractivity contribution is 8.13. The minimum absolute atomic E-state index is 0.0753. The van der Waals surface area contributed by atoms with Crippen LogP contribution in [0, 0.1) is 5.82 Å². The number of esters is 1. The number of ether oxygens (including phenoxy) is 1. The van der Waals surface area contributed by atoms with Crippen LogP contribution in [0.3, 0.4) is 0 Å². The number of carbonyl (C=O) groups excluding carboxylic acids is 1. The summed E-state index contributed by atoms with van der Waals surface area (Å²) in [6, 6.07) is 8.41. The van der Waals surface area contributed by atoms with Crippen LogP contribution in [0.4, 0.5) is 4.39 Å². The fourth-order valence-electron chi connectivity index (χ4n) is 3.05. The summed E-state index contributed by atoms with van der Waals surface area (Å²) < 4.78 is 44.2. The number of benzene rings is 2. The van der Waals surface area contributed by atoms with Crippen molar-refractivity contribution in [2.75, 3.05) is 6.61 Å². The minimum Gasteiger partial charge on any atom is -0.462 e. The monoisotopic (exact) mass is 437 g/mol. The molecule has 0 amide bonds. The molecule has 0 aliphatic carbocycles. The summed E-state index contributed by atoms with van der Waals surface area (Å²) in [7, 11) is 1.45. The first kappa shape index (κ1) is 21.0. The van der Waals surface area contributed by atoms with Crippen molar-refractivity contribution in [3.63, 3.8) is 0 Å². The highest BCUT2D eigenvalue weighted by Gasteiger charge is 2.20. The topological polar surface area (TPSA) is 82.4 Å². The molecule has 3 aromatic rings. The Morgan fingerprint density at radius 1 is 1.14 bits per heavy atom. The first-order valence-corrected chi connectivity index (χ1v) is 11.1. The van der Waals surface area contributed by atoms with Gasteiger partial charge in [-0.3, -0.25) is 4.79 Å². The van der Waals surface area contributed by atoms with Gasteiger partial charge >= 0.3 is 5.97 Å². The van der Waals surface area contributed by atoms with Crippen LogP contribution in [0.5, 0.6) is 0 Å². The van der Waals surface area contributed by atoms with Gasteiger partial charge in [0.1, 0.15) is 11.4 Å². The van der Waals surface area contributed by atoms with E-state index < -0.39 is 26.3 Å². The number of halogens is 2. The molecule has 2 aromatic carbocycles. The smallest absolute Gasteiger partial charge is 0.343 e. The second-order valence-electron chi connectivity index (χ2n) is 6.19. The quantitative estimate of drug-likeness (QED) is 0.446. The Hall–Kier alpha value is -2.71. The predicted molar refractivity (Wildman–Crippen MR) is 108 cm³/mol. The van der Waals surface area contributed by atoms with Crippen LogP contribution < -0.4 is 5.43 Å². The van der Waals surface area contributed by atoms with Crippen molar-refractivity contribution in [1.29, 1.82) is 0 Å². The van der Waals surface area contributed by atoms with E-state index in [-0.39, 0.29) is 22.5 Å². The molecule has 0 atom stereocenters. The van der Waals surface area contributed by atoms with Crippen LogP contribution in [-0.4, -0.2) is 25.6 Å². The number of hydrogen-bond donors (Lipinski definition) is 0. The van der Waals surface area contributed by atoms with Gasteiger partial charge < -0.3 is 9.30 Å². The lowest BCUT2D eigenvalue weighted by Crippen LogP contribution is -2.21. The molecule has 0 radical (unpaired) electrons. The minimum atomic E-state index is -3.87. The largest absolute Gasteiger partial charge is 0.462 e. The molecule has 0 fully saturated rings. The molecule has 3 rings (SSSR count). The van der Waals surface area contributed by atoms with Crippen molar-refractivity contribution in [3.05, 3.63) is 64.2 Å². The molecule has 1 heterocycles. The van der Waals surface area contributed by atoms with Crippen LogP contribution >= 0.6 is 10.7 Å². The molecular formula is C20H17ClFNO5S. The number of rotatable bonds is 5. The summed E-state index contributed by atoms with van der Waals surface area (Å²) in [6.45, 7) is 3.89. The first-order valence-electron chi connectivity index (χ1n) is 8.76. The standard InChI is InChI=1S/C20H17ClFNO5S/c1-3-23-11-15(20(25)28-4-2)19(24)18-16(22)9-13(10-17(18)23)12-5-7-14(8-6-12)29(21,26)27/h5-11H,3-4H2,1-2H3. The van der Waals surface area contributed by atoms with Gasteiger partial charge in [0.05, 0.1) is 22.4 Å². The lowest BCUT2D eigenvalue weighted by molar-refractivity contribution is 0.0524. The summed E-state index contributed by atoms with van der Waals surface area (Å²) >= 11 is 0. The number of carbonyl (C=O) groups is 1. The highest BCUT2D eigenvalue weighted by atomic mass is 35.7. The number of hydrogen-bond acceptors (Lipinski definition) is 5. The van der Waals surface area contributed by atoms with Gasteiger partial charge in [-0.1, -0.05) is 12.1 Å². The molecular weight excluding hydrogens is 421 g/mol. The molecule has 0 aliphatic heterocycles. The van der Waals surface area contributed by atoms with Crippen LogP contribution in [-0.2, 0) is 20.3 Å². The fourth-order valence-corrected chi connectivity index (χ4v) is 3.82. The molecule has 0 aliphatic rings. The van der Waals surface area contributed by atoms with Crippen molar-refractivity contribution < 1.29 is 22.3 Å². The molecule has 0 saturated heterocycles. The van der Waals surface area contributed by atoms with E-state index in [1.807, 2.05) is 0 Å². The van der Waals surface area contributed by atoms with E-state index in [1.165, 1.54) is 36.5 Å². The average Bonchev–Trinajstić information content (AvgIpc) is 2.67. The third-order valence-corrected chi connectivity index (χ3v) is 5.81. The van der Waals surface area contributed by atoms with Gasteiger partial charge in [0.25, 0.3) is 9.05 Å². The molecule has 0 spiro atoms. The van der Waals surface area contributed by atoms with Crippen molar-refractivity contribution >= 4 is 36.6 Å². The maximum absolute atomic E-state index is 14.9. The van der Waals surface area contributed by atoms with Gasteiger partial charge in [0.15, 0.2) is 0 Å². The van der Waals surface area contributed by atoms with E-state index in [0.29, 0.717) is 23.2 Å². The van der Waals surface area contributed by atoms with Gasteiger partial charge in [0.2, 0.25) is 5.43 Å². The number of fused-ring (bicyclic) bond motifs is 1. The van der Waals surface area contributed by atoms with Crippen molar-refractivity contribution in [2.24, 2.45) is 0 Å². The van der Waals surface area contributed by atoms with E-state index >= 15 is 0 Å². The number of aromatic nitrogens is 1. The Morgan fingerprint density at radius 3 is 2.34 bits per heavy atom. The Balaban J connectivity index is 2.22. The normalized spacial score (nSPS) is 11.6. The SMILES string of the molecule is CCOC(=O)c1cn(CC)c2cc(-c3ccc(S(=O)(=O)Cl)cc3)cc(F)c2c1=O. The molecule has 0 saturated carbocycles. The molecule has 152 valence electrons. The maximum Gasteiger partial charge on any atom is 0.343 e. The summed E-state index contributed by atoms with van der Waals surface area (Å²) in [5.74, 6) is -1.59. The van der Waals surface area contributed by atoms with Crippen LogP contribution in [0.2, 0.25) is 0 Å². The van der Waals surface area contributed by atoms with E-state index in [2.05, 4.69) is 0 Å². The van der Waals surface area contributed by atoms with Crippen LogP contribution in [0.1, 0.15) is 24.2 Å². The fraction of sp³-hybridized carbons (Fsp3) is 0.200. The van der Waals surface area contributed by atoms with Gasteiger partial charge in [0, 0.05) is 23.4 Å². The number of nitrogens with zero attached hydrogens (tertiary/aromatic N) is 1. The second kappa shape index (κ2) is 7.96. The van der Waals surface area contributed by atoms with Crippen molar-refractivity contribution in [1.82, 2.24) is 4.57 Å². The van der Waals surface area contributed by atoms with Gasteiger partial charge in [-0.15, -0.1) is 0 Å². The zero-order valence-corrected chi connectivity index (χ0v) is 17.2. The summed E-state index contributed by atoms with van der Waals surface area (Å²) in [5.41, 5.74) is 0.327. The molecule has 6 nitrogen and oxygen atoms in total. The third kappa shape index (κ3) is 4.04. The Morgan fingerprint density at radius 2 is 1.79 bits per heavy atom. The molecule has 1 aromatic heterocycles. The highest BCUT2D eigenvalue weighted by Crippen LogP contribution is 2.28. The average molecular weight is 438 g/mol. The predicted octanol–water partition coefficient (Wildman–Crippen LogP) is 3.93. The summed E-state index contributed by atoms with van der Waals surface area (Å²) in [5, 5.41) is -0.207. The first-order chi connectivity index (χ1) is 13.7. The lowest BCUT2D eigenvalue weighted by Gasteiger charge is -2.13. The van der Waals surface area contributed by atoms with E-state index in [1.54, 1.807) is 24.5 Å². The van der Waals surface area contributed by atoms with E-state index in [0.717, 1.165) is 0 Å². The van der Waals surface area contributed by atoms with Crippen LogP contribution in [0.25, 0.3) is 22.0 Å². The van der Waals surface area contributed by atoms with E-state index in [9.17, 15) is 22.4 Å². The Kier molecular flexibility index (Phi) is 5.77. The van der Waals surface area contributed by atoms with E-state index in [4.69, 9.17) is 15.4 Å². The Bertz CT molecular complexity index is 1270. The summed E-state index contributed by atoms with van der Waals surface area (Å²) in [6.07, 6.45) is 1.36.